The van der Waals surface area contributed by atoms with Crippen LogP contribution < -0.4 is 5.32 Å². The molecule has 10 heteroatoms. The molecule has 0 bridgehead atoms. The van der Waals surface area contributed by atoms with Crippen molar-refractivity contribution in [3.05, 3.63) is 0 Å². The first-order valence-electron chi connectivity index (χ1n) is 12.0. The Balaban J connectivity index is 3.75. The summed E-state index contributed by atoms with van der Waals surface area (Å²) in [6.45, 7) is 3.33. The normalized spacial score (nSPS) is 14.0. The van der Waals surface area contributed by atoms with E-state index in [4.69, 9.17) is 13.8 Å². The first-order valence-corrected chi connectivity index (χ1v) is 13.5. The van der Waals surface area contributed by atoms with E-state index in [9.17, 15) is 24.2 Å². The van der Waals surface area contributed by atoms with Gasteiger partial charge in [-0.05, 0) is 12.8 Å². The fraction of sp³-hybridized carbons (Fsp3) is 0.909. The van der Waals surface area contributed by atoms with Gasteiger partial charge in [0.05, 0.1) is 13.2 Å². The van der Waals surface area contributed by atoms with Gasteiger partial charge in [0, 0.05) is 19.4 Å². The van der Waals surface area contributed by atoms with E-state index in [1.807, 2.05) is 0 Å². The number of rotatable bonds is 22. The van der Waals surface area contributed by atoms with Crippen LogP contribution in [0.1, 0.15) is 97.3 Å². The standard InChI is InChI=1S/C22H44NO8P/c1-3-5-7-9-11-12-14-21(25)23-16-17-30-32(27,28)31-19-20(24)18-29-22(26)15-13-10-8-6-4-2/h20,24H,3-19H2,1-2H3,(H,23,25)(H,27,28). The van der Waals surface area contributed by atoms with Crippen molar-refractivity contribution in [2.75, 3.05) is 26.4 Å². The third kappa shape index (κ3) is 20.9. The monoisotopic (exact) mass is 481 g/mol. The quantitative estimate of drug-likeness (QED) is 0.119. The summed E-state index contributed by atoms with van der Waals surface area (Å²) in [7, 11) is -4.37. The molecule has 0 spiro atoms. The Morgan fingerprint density at radius 2 is 1.41 bits per heavy atom. The van der Waals surface area contributed by atoms with Crippen LogP contribution in [0.2, 0.25) is 0 Å². The second-order valence-corrected chi connectivity index (χ2v) is 9.42. The van der Waals surface area contributed by atoms with Gasteiger partial charge in [0.25, 0.3) is 0 Å². The third-order valence-corrected chi connectivity index (χ3v) is 5.77. The minimum Gasteiger partial charge on any atom is -0.463 e. The molecule has 3 N–H and O–H groups in total. The van der Waals surface area contributed by atoms with Gasteiger partial charge in [-0.3, -0.25) is 18.6 Å². The number of hydrogen-bond donors (Lipinski definition) is 3. The van der Waals surface area contributed by atoms with Crippen LogP contribution >= 0.6 is 7.82 Å². The maximum absolute atomic E-state index is 11.8. The molecule has 0 aromatic heterocycles. The average molecular weight is 482 g/mol. The van der Waals surface area contributed by atoms with Crippen molar-refractivity contribution in [3.8, 4) is 0 Å². The predicted octanol–water partition coefficient (Wildman–Crippen LogP) is 4.25. The van der Waals surface area contributed by atoms with Crippen LogP contribution in [0.4, 0.5) is 0 Å². The van der Waals surface area contributed by atoms with Crippen LogP contribution in [0.5, 0.6) is 0 Å². The zero-order chi connectivity index (χ0) is 24.1. The van der Waals surface area contributed by atoms with Crippen LogP contribution in [0.25, 0.3) is 0 Å². The molecule has 0 aliphatic heterocycles. The lowest BCUT2D eigenvalue weighted by atomic mass is 10.1. The minimum absolute atomic E-state index is 0.0843. The van der Waals surface area contributed by atoms with E-state index >= 15 is 0 Å². The highest BCUT2D eigenvalue weighted by molar-refractivity contribution is 7.47. The second kappa shape index (κ2) is 20.6. The van der Waals surface area contributed by atoms with Gasteiger partial charge >= 0.3 is 13.8 Å². The first kappa shape index (κ1) is 31.0. The number of nitrogens with one attached hydrogen (secondary N) is 1. The number of hydrogen-bond acceptors (Lipinski definition) is 7. The van der Waals surface area contributed by atoms with Gasteiger partial charge < -0.3 is 20.1 Å². The van der Waals surface area contributed by atoms with E-state index < -0.39 is 26.5 Å². The molecule has 0 rings (SSSR count). The van der Waals surface area contributed by atoms with Crippen LogP contribution in [0.15, 0.2) is 0 Å². The molecule has 0 aromatic carbocycles. The van der Waals surface area contributed by atoms with E-state index in [1.165, 1.54) is 19.3 Å². The summed E-state index contributed by atoms with van der Waals surface area (Å²) in [4.78, 5) is 32.9. The van der Waals surface area contributed by atoms with Crippen molar-refractivity contribution >= 4 is 19.7 Å². The van der Waals surface area contributed by atoms with E-state index in [0.29, 0.717) is 6.42 Å². The molecule has 1 amide bonds. The number of phosphoric ester groups is 1. The molecule has 190 valence electrons. The molecule has 0 aromatic rings. The first-order chi connectivity index (χ1) is 15.3. The Hall–Kier alpha value is -0.990. The summed E-state index contributed by atoms with van der Waals surface area (Å²) in [5.74, 6) is -0.541. The number of amides is 1. The smallest absolute Gasteiger partial charge is 0.463 e. The molecule has 0 saturated heterocycles. The van der Waals surface area contributed by atoms with Crippen molar-refractivity contribution < 1.29 is 37.9 Å². The lowest BCUT2D eigenvalue weighted by molar-refractivity contribution is -0.147. The number of carbonyl (C=O) groups excluding carboxylic acids is 2. The van der Waals surface area contributed by atoms with Crippen LogP contribution in [0, 0.1) is 0 Å². The highest BCUT2D eigenvalue weighted by Crippen LogP contribution is 2.42. The van der Waals surface area contributed by atoms with Gasteiger partial charge in [-0.1, -0.05) is 71.6 Å². The molecule has 2 atom stereocenters. The Bertz CT molecular complexity index is 532. The molecule has 9 nitrogen and oxygen atoms in total. The maximum atomic E-state index is 11.8. The highest BCUT2D eigenvalue weighted by Gasteiger charge is 2.23. The van der Waals surface area contributed by atoms with Crippen LogP contribution in [0.3, 0.4) is 0 Å². The number of phosphoric acid groups is 1. The number of ether oxygens (including phenoxy) is 1. The number of unbranched alkanes of at least 4 members (excludes halogenated alkanes) is 9. The maximum Gasteiger partial charge on any atom is 0.472 e. The minimum atomic E-state index is -4.37. The van der Waals surface area contributed by atoms with Gasteiger partial charge in [-0.15, -0.1) is 0 Å². The summed E-state index contributed by atoms with van der Waals surface area (Å²) in [5.41, 5.74) is 0. The molecule has 0 radical (unpaired) electrons. The summed E-state index contributed by atoms with van der Waals surface area (Å²) < 4.78 is 26.2. The highest BCUT2D eigenvalue weighted by atomic mass is 31.2. The largest absolute Gasteiger partial charge is 0.472 e. The molecule has 0 aliphatic rings. The fourth-order valence-corrected chi connectivity index (χ4v) is 3.66. The number of aliphatic hydroxyl groups is 1. The number of carbonyl (C=O) groups is 2. The van der Waals surface area contributed by atoms with Crippen LogP contribution in [-0.2, 0) is 27.9 Å². The van der Waals surface area contributed by atoms with Gasteiger partial charge in [0.1, 0.15) is 12.7 Å². The Labute approximate surface area is 193 Å². The topological polar surface area (TPSA) is 131 Å². The van der Waals surface area contributed by atoms with Crippen LogP contribution in [-0.4, -0.2) is 54.3 Å². The zero-order valence-electron chi connectivity index (χ0n) is 19.9. The number of aliphatic hydroxyl groups excluding tert-OH is 1. The molecule has 0 saturated carbocycles. The molecule has 0 aliphatic carbocycles. The Morgan fingerprint density at radius 3 is 2.03 bits per heavy atom. The Morgan fingerprint density at radius 1 is 0.844 bits per heavy atom. The molecule has 0 fully saturated rings. The van der Waals surface area contributed by atoms with E-state index in [1.54, 1.807) is 0 Å². The van der Waals surface area contributed by atoms with Crippen molar-refractivity contribution in [1.29, 1.82) is 0 Å². The van der Waals surface area contributed by atoms with Gasteiger partial charge in [0.2, 0.25) is 5.91 Å². The van der Waals surface area contributed by atoms with E-state index in [0.717, 1.165) is 51.4 Å². The summed E-state index contributed by atoms with van der Waals surface area (Å²) in [6, 6.07) is 0. The van der Waals surface area contributed by atoms with E-state index in [2.05, 4.69) is 19.2 Å². The van der Waals surface area contributed by atoms with Crippen molar-refractivity contribution in [1.82, 2.24) is 5.32 Å². The zero-order valence-corrected chi connectivity index (χ0v) is 20.8. The molecule has 0 heterocycles. The third-order valence-electron chi connectivity index (χ3n) is 4.79. The Kier molecular flexibility index (Phi) is 20.0. The fourth-order valence-electron chi connectivity index (χ4n) is 2.91. The van der Waals surface area contributed by atoms with Gasteiger partial charge in [-0.2, -0.15) is 0 Å². The summed E-state index contributed by atoms with van der Waals surface area (Å²) in [5, 5.41) is 12.4. The van der Waals surface area contributed by atoms with Gasteiger partial charge in [0.15, 0.2) is 0 Å². The molecular weight excluding hydrogens is 437 g/mol. The predicted molar refractivity (Wildman–Crippen MR) is 123 cm³/mol. The van der Waals surface area contributed by atoms with Crippen molar-refractivity contribution in [2.24, 2.45) is 0 Å². The summed E-state index contributed by atoms with van der Waals surface area (Å²) >= 11 is 0. The lowest BCUT2D eigenvalue weighted by Gasteiger charge is -2.15. The van der Waals surface area contributed by atoms with Gasteiger partial charge in [-0.25, -0.2) is 4.57 Å². The molecule has 2 unspecified atom stereocenters. The second-order valence-electron chi connectivity index (χ2n) is 7.97. The number of esters is 1. The summed E-state index contributed by atoms with van der Waals surface area (Å²) in [6.07, 6.45) is 11.1. The van der Waals surface area contributed by atoms with Crippen molar-refractivity contribution in [2.45, 2.75) is 103 Å². The van der Waals surface area contributed by atoms with Crippen molar-refractivity contribution in [3.63, 3.8) is 0 Å². The lowest BCUT2D eigenvalue weighted by Crippen LogP contribution is -2.27. The SMILES string of the molecule is CCCCCCCCC(=O)NCCOP(=O)(O)OCC(O)COC(=O)CCCCCCC. The average Bonchev–Trinajstić information content (AvgIpc) is 2.76. The molecule has 32 heavy (non-hydrogen) atoms. The van der Waals surface area contributed by atoms with E-state index in [-0.39, 0.29) is 32.1 Å². The molecular formula is C22H44NO8P.